The van der Waals surface area contributed by atoms with E-state index >= 15 is 0 Å². The Morgan fingerprint density at radius 1 is 0.324 bits per heavy atom. The van der Waals surface area contributed by atoms with Crippen molar-refractivity contribution >= 4 is 5.91 Å². The van der Waals surface area contributed by atoms with E-state index in [0.29, 0.717) is 12.8 Å². The van der Waals surface area contributed by atoms with Crippen LogP contribution in [0.25, 0.3) is 0 Å². The maximum atomic E-state index is 13.6. The molecule has 19 heteroatoms. The Morgan fingerprint density at radius 3 is 0.928 bits per heavy atom. The third kappa shape index (κ3) is 50.5. The lowest BCUT2D eigenvalue weighted by Crippen LogP contribution is -2.66. The number of ether oxygens (including phenoxy) is 6. The highest BCUT2D eigenvalue weighted by molar-refractivity contribution is 5.76. The molecule has 3 heterocycles. The second-order valence-corrected chi connectivity index (χ2v) is 33.5. The fourth-order valence-electron chi connectivity index (χ4n) is 16.0. The smallest absolute Gasteiger partial charge is 0.220 e. The van der Waals surface area contributed by atoms with Crippen molar-refractivity contribution in [2.24, 2.45) is 0 Å². The molecule has 3 fully saturated rings. The molecule has 3 saturated heterocycles. The molecule has 17 atom stereocenters. The Balaban J connectivity index is 1.28. The second kappa shape index (κ2) is 72.1. The number of rotatable bonds is 77. The van der Waals surface area contributed by atoms with Gasteiger partial charge in [-0.15, -0.1) is 0 Å². The van der Waals surface area contributed by atoms with Crippen LogP contribution in [0.15, 0.2) is 36.5 Å². The van der Waals surface area contributed by atoms with Crippen molar-refractivity contribution in [3.63, 3.8) is 0 Å². The summed E-state index contributed by atoms with van der Waals surface area (Å²) < 4.78 is 34.6. The Morgan fingerprint density at radius 2 is 0.595 bits per heavy atom. The minimum Gasteiger partial charge on any atom is -0.394 e. The van der Waals surface area contributed by atoms with Crippen molar-refractivity contribution < 1.29 is 89.4 Å². The van der Waals surface area contributed by atoms with Gasteiger partial charge in [0.1, 0.15) is 73.2 Å². The summed E-state index contributed by atoms with van der Waals surface area (Å²) in [6, 6.07) is -0.887. The molecular weight excluding hydrogens is 1410 g/mol. The first-order valence-corrected chi connectivity index (χ1v) is 46.7. The van der Waals surface area contributed by atoms with Crippen molar-refractivity contribution in [1.82, 2.24) is 5.32 Å². The fourth-order valence-corrected chi connectivity index (χ4v) is 16.0. The molecule has 17 unspecified atom stereocenters. The number of allylic oxidation sites excluding steroid dienone is 6. The first-order chi connectivity index (χ1) is 54.3. The highest BCUT2D eigenvalue weighted by Crippen LogP contribution is 2.34. The van der Waals surface area contributed by atoms with Crippen molar-refractivity contribution in [1.29, 1.82) is 0 Å². The van der Waals surface area contributed by atoms with Crippen LogP contribution in [0.4, 0.5) is 0 Å². The quantitative estimate of drug-likeness (QED) is 0.0199. The number of hydrogen-bond donors (Lipinski definition) is 12. The first-order valence-electron chi connectivity index (χ1n) is 46.7. The standard InChI is InChI=1S/C92H173NO18/c1-3-5-7-9-11-13-15-17-19-21-23-25-27-29-30-31-32-33-34-35-36-37-38-39-40-41-42-43-44-46-48-50-52-54-56-58-60-62-64-66-68-70-80(98)93-75(76(97)69-67-65-63-61-59-57-55-53-51-49-47-45-28-26-24-22-20-18-16-14-12-10-8-6-4-2)74-106-90-86(104)83(101)88(78(72-95)108-90)111-92-87(105)84(102)89(79(73-96)109-92)110-91-85(103)82(100)81(99)77(71-94)107-91/h15,17,21,23,27,29,75-79,81-92,94-97,99-105H,3-14,16,18-20,22,24-26,28,30-74H2,1-2H3,(H,93,98)/b17-15-,23-21-,29-27-. The largest absolute Gasteiger partial charge is 0.394 e. The lowest BCUT2D eigenvalue weighted by molar-refractivity contribution is -0.379. The van der Waals surface area contributed by atoms with Gasteiger partial charge in [0.05, 0.1) is 38.6 Å². The van der Waals surface area contributed by atoms with E-state index in [2.05, 4.69) is 55.6 Å². The van der Waals surface area contributed by atoms with E-state index in [-0.39, 0.29) is 18.9 Å². The van der Waals surface area contributed by atoms with Crippen LogP contribution < -0.4 is 5.32 Å². The maximum absolute atomic E-state index is 13.6. The van der Waals surface area contributed by atoms with E-state index in [1.54, 1.807) is 0 Å². The van der Waals surface area contributed by atoms with Crippen LogP contribution >= 0.6 is 0 Å². The molecule has 12 N–H and O–H groups in total. The molecule has 0 spiro atoms. The zero-order valence-corrected chi connectivity index (χ0v) is 70.7. The minimum absolute atomic E-state index is 0.233. The number of carbonyl (C=O) groups is 1. The van der Waals surface area contributed by atoms with Gasteiger partial charge in [0.25, 0.3) is 0 Å². The summed E-state index contributed by atoms with van der Waals surface area (Å²) in [5.41, 5.74) is 0. The molecule has 3 aliphatic rings. The van der Waals surface area contributed by atoms with Gasteiger partial charge in [-0.3, -0.25) is 4.79 Å². The van der Waals surface area contributed by atoms with E-state index < -0.39 is 124 Å². The number of hydrogen-bond acceptors (Lipinski definition) is 18. The lowest BCUT2D eigenvalue weighted by atomic mass is 9.96. The third-order valence-electron chi connectivity index (χ3n) is 23.5. The molecule has 0 bridgehead atoms. The van der Waals surface area contributed by atoms with Crippen LogP contribution in [0.3, 0.4) is 0 Å². The monoisotopic (exact) mass is 1580 g/mol. The SMILES string of the molecule is CCCCCCC/C=C\C/C=C\C/C=C\CCCCCCCCCCCCCCCCCCCCCCCCCCCCC(=O)NC(COC1OC(CO)C(OC2OC(CO)C(OC3OC(CO)C(O)C(O)C3O)C(O)C2O)C(O)C1O)C(O)CCCCCCCCCCCCCCCCCCCCCCCCCCC. The number of amides is 1. The van der Waals surface area contributed by atoms with Crippen LogP contribution in [0.5, 0.6) is 0 Å². The van der Waals surface area contributed by atoms with Gasteiger partial charge in [-0.05, 0) is 51.4 Å². The van der Waals surface area contributed by atoms with Crippen LogP contribution in [-0.2, 0) is 33.2 Å². The maximum Gasteiger partial charge on any atom is 0.220 e. The summed E-state index contributed by atoms with van der Waals surface area (Å²) >= 11 is 0. The summed E-state index contributed by atoms with van der Waals surface area (Å²) in [6.07, 6.45) is 65.5. The van der Waals surface area contributed by atoms with Gasteiger partial charge in [0.2, 0.25) is 5.91 Å². The first kappa shape index (κ1) is 103. The van der Waals surface area contributed by atoms with E-state index in [1.807, 2.05) is 0 Å². The van der Waals surface area contributed by atoms with Gasteiger partial charge in [0, 0.05) is 6.42 Å². The van der Waals surface area contributed by atoms with E-state index in [4.69, 9.17) is 28.4 Å². The van der Waals surface area contributed by atoms with Gasteiger partial charge in [-0.1, -0.05) is 391 Å². The molecule has 3 rings (SSSR count). The Bertz CT molecular complexity index is 2140. The van der Waals surface area contributed by atoms with Gasteiger partial charge < -0.3 is 89.9 Å². The number of unbranched alkanes of at least 4 members (excludes halogenated alkanes) is 55. The Labute approximate surface area is 676 Å². The molecule has 654 valence electrons. The molecule has 0 aromatic carbocycles. The molecule has 111 heavy (non-hydrogen) atoms. The van der Waals surface area contributed by atoms with Crippen molar-refractivity contribution in [2.45, 2.75) is 516 Å². The van der Waals surface area contributed by atoms with Crippen LogP contribution in [0.2, 0.25) is 0 Å². The van der Waals surface area contributed by atoms with Crippen LogP contribution in [-0.4, -0.2) is 193 Å². The lowest BCUT2D eigenvalue weighted by Gasteiger charge is -2.48. The summed E-state index contributed by atoms with van der Waals surface area (Å²) in [5.74, 6) is -0.233. The summed E-state index contributed by atoms with van der Waals surface area (Å²) in [4.78, 5) is 13.6. The molecule has 19 nitrogen and oxygen atoms in total. The average molecular weight is 1580 g/mol. The minimum atomic E-state index is -1.97. The molecule has 0 aromatic heterocycles. The van der Waals surface area contributed by atoms with Gasteiger partial charge in [-0.25, -0.2) is 0 Å². The molecule has 1 amide bonds. The second-order valence-electron chi connectivity index (χ2n) is 33.5. The summed E-state index contributed by atoms with van der Waals surface area (Å²) in [7, 11) is 0. The van der Waals surface area contributed by atoms with E-state index in [0.717, 1.165) is 57.8 Å². The van der Waals surface area contributed by atoms with Crippen molar-refractivity contribution in [3.05, 3.63) is 36.5 Å². The van der Waals surface area contributed by atoms with Gasteiger partial charge in [0.15, 0.2) is 18.9 Å². The predicted molar refractivity (Wildman–Crippen MR) is 448 cm³/mol. The fraction of sp³-hybridized carbons (Fsp3) is 0.924. The highest BCUT2D eigenvalue weighted by atomic mass is 16.8. The number of carbonyl (C=O) groups excluding carboxylic acids is 1. The van der Waals surface area contributed by atoms with Crippen molar-refractivity contribution in [3.8, 4) is 0 Å². The topological polar surface area (TPSA) is 307 Å². The Kier molecular flexibility index (Phi) is 67.0. The number of aliphatic hydroxyl groups excluding tert-OH is 11. The van der Waals surface area contributed by atoms with Crippen molar-refractivity contribution in [2.75, 3.05) is 26.4 Å². The molecular formula is C92H173NO18. The van der Waals surface area contributed by atoms with Gasteiger partial charge in [-0.2, -0.15) is 0 Å². The van der Waals surface area contributed by atoms with Gasteiger partial charge >= 0.3 is 0 Å². The third-order valence-corrected chi connectivity index (χ3v) is 23.5. The normalized spacial score (nSPS) is 25.1. The zero-order chi connectivity index (χ0) is 80.3. The summed E-state index contributed by atoms with van der Waals surface area (Å²) in [6.45, 7) is 1.86. The molecule has 0 aromatic rings. The van der Waals surface area contributed by atoms with Crippen LogP contribution in [0, 0.1) is 0 Å². The molecule has 0 aliphatic carbocycles. The Hall–Kier alpha value is -1.99. The highest BCUT2D eigenvalue weighted by Gasteiger charge is 2.54. The van der Waals surface area contributed by atoms with Crippen LogP contribution in [0.1, 0.15) is 412 Å². The number of aliphatic hydroxyl groups is 11. The average Bonchev–Trinajstić information content (AvgIpc) is 0.780. The van der Waals surface area contributed by atoms with E-state index in [9.17, 15) is 61.0 Å². The summed E-state index contributed by atoms with van der Waals surface area (Å²) in [5, 5.41) is 121. The molecule has 0 saturated carbocycles. The zero-order valence-electron chi connectivity index (χ0n) is 70.7. The predicted octanol–water partition coefficient (Wildman–Crippen LogP) is 18.2. The molecule has 3 aliphatic heterocycles. The number of nitrogens with one attached hydrogen (secondary N) is 1. The molecule has 0 radical (unpaired) electrons. The van der Waals surface area contributed by atoms with E-state index in [1.165, 1.54) is 321 Å².